The van der Waals surface area contributed by atoms with Gasteiger partial charge in [0.2, 0.25) is 5.56 Å². The highest BCUT2D eigenvalue weighted by molar-refractivity contribution is 5.87. The van der Waals surface area contributed by atoms with Crippen LogP contribution in [0, 0.1) is 12.8 Å². The number of alkyl halides is 3. The first kappa shape index (κ1) is 15.4. The molecule has 0 aliphatic carbocycles. The Balaban J connectivity index is 2.61. The van der Waals surface area contributed by atoms with Crippen molar-refractivity contribution in [2.24, 2.45) is 5.92 Å². The molecule has 1 heterocycles. The smallest absolute Gasteiger partial charge is 0.385 e. The van der Waals surface area contributed by atoms with Crippen LogP contribution in [0.15, 0.2) is 23.0 Å². The Hall–Kier alpha value is -1.98. The van der Waals surface area contributed by atoms with Crippen molar-refractivity contribution in [1.29, 1.82) is 0 Å². The molecule has 0 fully saturated rings. The molecular weight excluding hydrogens is 281 g/mol. The number of H-pyrrole nitrogens is 1. The van der Waals surface area contributed by atoms with Gasteiger partial charge in [-0.05, 0) is 30.5 Å². The Morgan fingerprint density at radius 2 is 1.90 bits per heavy atom. The molecule has 1 aromatic heterocycles. The maximum Gasteiger partial charge on any atom is 0.417 e. The zero-order valence-electron chi connectivity index (χ0n) is 12.1. The molecule has 114 valence electrons. The predicted octanol–water partition coefficient (Wildman–Crippen LogP) is 3.92. The van der Waals surface area contributed by atoms with Crippen LogP contribution in [0.3, 0.4) is 0 Å². The van der Waals surface area contributed by atoms with Crippen LogP contribution in [0.5, 0.6) is 0 Å². The van der Waals surface area contributed by atoms with E-state index in [1.165, 1.54) is 6.07 Å². The number of hydrogen-bond acceptors (Lipinski definition) is 2. The molecule has 0 atom stereocenters. The lowest BCUT2D eigenvalue weighted by Crippen LogP contribution is -2.15. The monoisotopic (exact) mass is 298 g/mol. The molecule has 2 rings (SSSR count). The van der Waals surface area contributed by atoms with Crippen LogP contribution in [0.1, 0.15) is 25.0 Å². The summed E-state index contributed by atoms with van der Waals surface area (Å²) in [7, 11) is 0. The van der Waals surface area contributed by atoms with Crippen molar-refractivity contribution in [2.75, 3.05) is 11.9 Å². The molecule has 6 heteroatoms. The number of fused-ring (bicyclic) bond motifs is 1. The quantitative estimate of drug-likeness (QED) is 0.902. The second-order valence-electron chi connectivity index (χ2n) is 5.53. The minimum atomic E-state index is -4.55. The van der Waals surface area contributed by atoms with Crippen LogP contribution in [0.2, 0.25) is 0 Å². The topological polar surface area (TPSA) is 44.9 Å². The molecule has 2 aromatic rings. The van der Waals surface area contributed by atoms with Crippen LogP contribution < -0.4 is 10.9 Å². The number of benzene rings is 1. The molecule has 0 saturated heterocycles. The fourth-order valence-electron chi connectivity index (χ4n) is 2.15. The lowest BCUT2D eigenvalue weighted by atomic mass is 10.0. The Morgan fingerprint density at radius 1 is 1.24 bits per heavy atom. The molecule has 0 radical (unpaired) electrons. The number of aryl methyl sites for hydroxylation is 1. The van der Waals surface area contributed by atoms with E-state index in [0.717, 1.165) is 5.69 Å². The zero-order valence-corrected chi connectivity index (χ0v) is 12.1. The summed E-state index contributed by atoms with van der Waals surface area (Å²) in [6.45, 7) is 6.52. The first-order chi connectivity index (χ1) is 9.68. The summed E-state index contributed by atoms with van der Waals surface area (Å²) in [4.78, 5) is 13.9. The highest BCUT2D eigenvalue weighted by atomic mass is 19.4. The molecule has 0 bridgehead atoms. The second kappa shape index (κ2) is 5.42. The lowest BCUT2D eigenvalue weighted by Gasteiger charge is -2.15. The molecule has 0 spiro atoms. The average molecular weight is 298 g/mol. The molecule has 21 heavy (non-hydrogen) atoms. The summed E-state index contributed by atoms with van der Waals surface area (Å²) in [6, 6.07) is 3.61. The number of halogens is 3. The van der Waals surface area contributed by atoms with Gasteiger partial charge >= 0.3 is 6.18 Å². The minimum Gasteiger partial charge on any atom is -0.385 e. The van der Waals surface area contributed by atoms with Crippen molar-refractivity contribution in [3.8, 4) is 0 Å². The van der Waals surface area contributed by atoms with E-state index in [4.69, 9.17) is 0 Å². The Bertz CT molecular complexity index is 717. The van der Waals surface area contributed by atoms with Gasteiger partial charge in [-0.1, -0.05) is 13.8 Å². The summed E-state index contributed by atoms with van der Waals surface area (Å²) < 4.78 is 39.0. The van der Waals surface area contributed by atoms with Gasteiger partial charge in [0.05, 0.1) is 11.1 Å². The Morgan fingerprint density at radius 3 is 2.48 bits per heavy atom. The van der Waals surface area contributed by atoms with Gasteiger partial charge in [0.25, 0.3) is 0 Å². The number of anilines is 1. The summed E-state index contributed by atoms with van der Waals surface area (Å²) >= 11 is 0. The Kier molecular flexibility index (Phi) is 3.98. The highest BCUT2D eigenvalue weighted by Crippen LogP contribution is 2.34. The van der Waals surface area contributed by atoms with Gasteiger partial charge in [-0.15, -0.1) is 0 Å². The van der Waals surface area contributed by atoms with Crippen LogP contribution >= 0.6 is 0 Å². The van der Waals surface area contributed by atoms with Crippen molar-refractivity contribution in [3.63, 3.8) is 0 Å². The van der Waals surface area contributed by atoms with E-state index in [-0.39, 0.29) is 10.9 Å². The maximum absolute atomic E-state index is 13.0. The third-order valence-electron chi connectivity index (χ3n) is 3.19. The van der Waals surface area contributed by atoms with Crippen molar-refractivity contribution in [3.05, 3.63) is 39.7 Å². The molecule has 3 nitrogen and oxygen atoms in total. The fraction of sp³-hybridized carbons (Fsp3) is 0.400. The second-order valence-corrected chi connectivity index (χ2v) is 5.53. The van der Waals surface area contributed by atoms with Crippen LogP contribution in [-0.2, 0) is 6.18 Å². The molecule has 1 aromatic carbocycles. The van der Waals surface area contributed by atoms with Gasteiger partial charge < -0.3 is 10.3 Å². The van der Waals surface area contributed by atoms with E-state index in [1.807, 2.05) is 13.8 Å². The van der Waals surface area contributed by atoms with Gasteiger partial charge in [0, 0.05) is 23.7 Å². The molecular formula is C15H17F3N2O. The van der Waals surface area contributed by atoms with Crippen LogP contribution in [0.4, 0.5) is 18.9 Å². The van der Waals surface area contributed by atoms with E-state index < -0.39 is 17.3 Å². The number of rotatable bonds is 3. The first-order valence-corrected chi connectivity index (χ1v) is 6.67. The summed E-state index contributed by atoms with van der Waals surface area (Å²) in [5.41, 5.74) is -0.0354. The van der Waals surface area contributed by atoms with E-state index >= 15 is 0 Å². The van der Waals surface area contributed by atoms with Crippen molar-refractivity contribution < 1.29 is 13.2 Å². The molecule has 0 unspecified atom stereocenters. The van der Waals surface area contributed by atoms with Crippen LogP contribution in [0.25, 0.3) is 10.9 Å². The lowest BCUT2D eigenvalue weighted by molar-refractivity contribution is -0.136. The zero-order chi connectivity index (χ0) is 15.8. The average Bonchev–Trinajstić information content (AvgIpc) is 2.34. The number of aromatic amines is 1. The number of hydrogen-bond donors (Lipinski definition) is 2. The third kappa shape index (κ3) is 3.37. The summed E-state index contributed by atoms with van der Waals surface area (Å²) in [5.74, 6) is 0.403. The van der Waals surface area contributed by atoms with Gasteiger partial charge in [-0.25, -0.2) is 0 Å². The summed E-state index contributed by atoms with van der Waals surface area (Å²) in [6.07, 6.45) is -4.55. The van der Waals surface area contributed by atoms with Crippen molar-refractivity contribution in [2.45, 2.75) is 26.9 Å². The number of nitrogens with one attached hydrogen (secondary N) is 2. The fourth-order valence-corrected chi connectivity index (χ4v) is 2.15. The van der Waals surface area contributed by atoms with E-state index in [1.54, 1.807) is 13.0 Å². The van der Waals surface area contributed by atoms with Crippen LogP contribution in [-0.4, -0.2) is 11.5 Å². The molecule has 2 N–H and O–H groups in total. The Labute approximate surface area is 120 Å². The largest absolute Gasteiger partial charge is 0.417 e. The maximum atomic E-state index is 13.0. The first-order valence-electron chi connectivity index (χ1n) is 6.67. The minimum absolute atomic E-state index is 0.00898. The number of pyridine rings is 1. The van der Waals surface area contributed by atoms with E-state index in [0.29, 0.717) is 24.1 Å². The van der Waals surface area contributed by atoms with Gasteiger partial charge in [-0.2, -0.15) is 13.2 Å². The predicted molar refractivity (Wildman–Crippen MR) is 77.6 cm³/mol. The SMILES string of the molecule is Cc1cc2c(C(F)(F)F)cc(=O)[nH]c2cc1NCC(C)C. The molecule has 0 saturated carbocycles. The standard InChI is InChI=1S/C15H17F3N2O/c1-8(2)7-19-12-6-13-10(4-9(12)3)11(15(16,17)18)5-14(21)20-13/h4-6,8,19H,7H2,1-3H3,(H,20,21). The molecule has 0 aliphatic rings. The van der Waals surface area contributed by atoms with Gasteiger partial charge in [-0.3, -0.25) is 4.79 Å². The molecule has 0 aliphatic heterocycles. The molecule has 0 amide bonds. The van der Waals surface area contributed by atoms with Crippen molar-refractivity contribution in [1.82, 2.24) is 4.98 Å². The summed E-state index contributed by atoms with van der Waals surface area (Å²) in [5, 5.41) is 3.19. The number of aromatic nitrogens is 1. The van der Waals surface area contributed by atoms with Gasteiger partial charge in [0.1, 0.15) is 0 Å². The van der Waals surface area contributed by atoms with Crippen molar-refractivity contribution >= 4 is 16.6 Å². The van der Waals surface area contributed by atoms with Gasteiger partial charge in [0.15, 0.2) is 0 Å². The third-order valence-corrected chi connectivity index (χ3v) is 3.19. The van der Waals surface area contributed by atoms with E-state index in [2.05, 4.69) is 10.3 Å². The van der Waals surface area contributed by atoms with E-state index in [9.17, 15) is 18.0 Å². The highest BCUT2D eigenvalue weighted by Gasteiger charge is 2.33. The normalized spacial score (nSPS) is 12.1.